The molecule has 2 heteroatoms. The fraction of sp³-hybridized carbons (Fsp3) is 0.273. The first-order valence-electron chi connectivity index (χ1n) is 4.35. The molecule has 1 unspecified atom stereocenters. The molecule has 0 saturated carbocycles. The summed E-state index contributed by atoms with van der Waals surface area (Å²) in [5, 5.41) is 10.5. The van der Waals surface area contributed by atoms with Crippen molar-refractivity contribution in [2.75, 3.05) is 0 Å². The lowest BCUT2D eigenvalue weighted by Crippen LogP contribution is -1.91. The van der Waals surface area contributed by atoms with E-state index in [1.165, 1.54) is 0 Å². The molecule has 0 bridgehead atoms. The van der Waals surface area contributed by atoms with Crippen LogP contribution in [0.5, 0.6) is 0 Å². The second-order valence-electron chi connectivity index (χ2n) is 3.31. The van der Waals surface area contributed by atoms with E-state index in [0.29, 0.717) is 0 Å². The molecule has 0 amide bonds. The van der Waals surface area contributed by atoms with Crippen LogP contribution in [-0.2, 0) is 0 Å². The van der Waals surface area contributed by atoms with Crippen LogP contribution in [0.15, 0.2) is 28.9 Å². The number of aliphatic hydroxyl groups is 1. The SMILES string of the molecule is Cc1ccc(C(C)O)c2ccoc12. The first-order valence-corrected chi connectivity index (χ1v) is 4.35. The summed E-state index contributed by atoms with van der Waals surface area (Å²) >= 11 is 0. The van der Waals surface area contributed by atoms with Gasteiger partial charge in [-0.3, -0.25) is 0 Å². The van der Waals surface area contributed by atoms with Gasteiger partial charge in [-0.2, -0.15) is 0 Å². The van der Waals surface area contributed by atoms with Crippen molar-refractivity contribution < 1.29 is 9.52 Å². The Bertz CT molecular complexity index is 427. The number of hydrogen-bond acceptors (Lipinski definition) is 2. The Kier molecular flexibility index (Phi) is 1.85. The molecule has 1 atom stereocenters. The second-order valence-corrected chi connectivity index (χ2v) is 3.31. The van der Waals surface area contributed by atoms with Crippen LogP contribution in [0, 0.1) is 6.92 Å². The summed E-state index contributed by atoms with van der Waals surface area (Å²) in [7, 11) is 0. The molecule has 2 aromatic rings. The van der Waals surface area contributed by atoms with E-state index >= 15 is 0 Å². The van der Waals surface area contributed by atoms with Crippen molar-refractivity contribution in [3.63, 3.8) is 0 Å². The quantitative estimate of drug-likeness (QED) is 0.724. The number of furan rings is 1. The molecular weight excluding hydrogens is 164 g/mol. The van der Waals surface area contributed by atoms with Crippen LogP contribution in [0.1, 0.15) is 24.2 Å². The number of fused-ring (bicyclic) bond motifs is 1. The predicted molar refractivity (Wildman–Crippen MR) is 51.6 cm³/mol. The molecule has 1 aromatic heterocycles. The van der Waals surface area contributed by atoms with E-state index in [4.69, 9.17) is 4.42 Å². The molecular formula is C11H12O2. The molecule has 0 radical (unpaired) electrons. The first-order chi connectivity index (χ1) is 6.20. The molecule has 13 heavy (non-hydrogen) atoms. The lowest BCUT2D eigenvalue weighted by Gasteiger charge is -2.06. The van der Waals surface area contributed by atoms with Gasteiger partial charge in [0.2, 0.25) is 0 Å². The van der Waals surface area contributed by atoms with Crippen molar-refractivity contribution >= 4 is 11.0 Å². The molecule has 68 valence electrons. The van der Waals surface area contributed by atoms with Crippen LogP contribution in [0.2, 0.25) is 0 Å². The van der Waals surface area contributed by atoms with Gasteiger partial charge in [0.15, 0.2) is 0 Å². The average Bonchev–Trinajstić information content (AvgIpc) is 2.53. The van der Waals surface area contributed by atoms with Gasteiger partial charge in [-0.25, -0.2) is 0 Å². The third-order valence-corrected chi connectivity index (χ3v) is 2.30. The van der Waals surface area contributed by atoms with E-state index in [-0.39, 0.29) is 0 Å². The maximum absolute atomic E-state index is 9.49. The zero-order valence-electron chi connectivity index (χ0n) is 7.74. The van der Waals surface area contributed by atoms with E-state index in [9.17, 15) is 5.11 Å². The van der Waals surface area contributed by atoms with Crippen LogP contribution in [-0.4, -0.2) is 5.11 Å². The van der Waals surface area contributed by atoms with Crippen LogP contribution in [0.25, 0.3) is 11.0 Å². The molecule has 1 N–H and O–H groups in total. The number of rotatable bonds is 1. The molecule has 0 fully saturated rings. The highest BCUT2D eigenvalue weighted by Gasteiger charge is 2.09. The van der Waals surface area contributed by atoms with Crippen LogP contribution in [0.3, 0.4) is 0 Å². The third-order valence-electron chi connectivity index (χ3n) is 2.30. The summed E-state index contributed by atoms with van der Waals surface area (Å²) in [6.07, 6.45) is 1.21. The first kappa shape index (κ1) is 8.32. The zero-order valence-corrected chi connectivity index (χ0v) is 7.74. The van der Waals surface area contributed by atoms with Crippen LogP contribution < -0.4 is 0 Å². The molecule has 0 aliphatic carbocycles. The van der Waals surface area contributed by atoms with E-state index in [1.54, 1.807) is 13.2 Å². The minimum absolute atomic E-state index is 0.444. The van der Waals surface area contributed by atoms with Gasteiger partial charge < -0.3 is 9.52 Å². The summed E-state index contributed by atoms with van der Waals surface area (Å²) in [5.74, 6) is 0. The Hall–Kier alpha value is -1.28. The Labute approximate surface area is 76.8 Å². The number of aliphatic hydroxyl groups excluding tert-OH is 1. The molecule has 2 rings (SSSR count). The van der Waals surface area contributed by atoms with E-state index in [2.05, 4.69) is 0 Å². The normalized spacial score (nSPS) is 13.5. The molecule has 2 nitrogen and oxygen atoms in total. The summed E-state index contributed by atoms with van der Waals surface area (Å²) < 4.78 is 5.33. The topological polar surface area (TPSA) is 33.4 Å². The highest BCUT2D eigenvalue weighted by Crippen LogP contribution is 2.27. The van der Waals surface area contributed by atoms with Crippen molar-refractivity contribution in [3.05, 3.63) is 35.6 Å². The highest BCUT2D eigenvalue weighted by atomic mass is 16.3. The van der Waals surface area contributed by atoms with E-state index in [1.807, 2.05) is 25.1 Å². The predicted octanol–water partition coefficient (Wildman–Crippen LogP) is 2.79. The van der Waals surface area contributed by atoms with E-state index in [0.717, 1.165) is 22.1 Å². The molecule has 1 aromatic carbocycles. The number of benzene rings is 1. The summed E-state index contributed by atoms with van der Waals surface area (Å²) in [6.45, 7) is 3.76. The van der Waals surface area contributed by atoms with Gasteiger partial charge in [0.25, 0.3) is 0 Å². The van der Waals surface area contributed by atoms with Crippen molar-refractivity contribution in [3.8, 4) is 0 Å². The van der Waals surface area contributed by atoms with Gasteiger partial charge >= 0.3 is 0 Å². The van der Waals surface area contributed by atoms with Gasteiger partial charge in [0.1, 0.15) is 5.58 Å². The van der Waals surface area contributed by atoms with Crippen LogP contribution >= 0.6 is 0 Å². The Balaban J connectivity index is 2.78. The lowest BCUT2D eigenvalue weighted by atomic mass is 10.0. The maximum Gasteiger partial charge on any atom is 0.137 e. The summed E-state index contributed by atoms with van der Waals surface area (Å²) in [6, 6.07) is 5.80. The number of aryl methyl sites for hydroxylation is 1. The Morgan fingerprint density at radius 1 is 1.31 bits per heavy atom. The molecule has 1 heterocycles. The van der Waals surface area contributed by atoms with Gasteiger partial charge in [-0.1, -0.05) is 12.1 Å². The van der Waals surface area contributed by atoms with Crippen molar-refractivity contribution in [1.82, 2.24) is 0 Å². The van der Waals surface area contributed by atoms with E-state index < -0.39 is 6.10 Å². The minimum Gasteiger partial charge on any atom is -0.464 e. The largest absolute Gasteiger partial charge is 0.464 e. The Morgan fingerprint density at radius 3 is 2.77 bits per heavy atom. The second kappa shape index (κ2) is 2.89. The lowest BCUT2D eigenvalue weighted by molar-refractivity contribution is 0.201. The van der Waals surface area contributed by atoms with Gasteiger partial charge in [-0.15, -0.1) is 0 Å². The molecule has 0 aliphatic heterocycles. The molecule has 0 aliphatic rings. The van der Waals surface area contributed by atoms with Crippen molar-refractivity contribution in [1.29, 1.82) is 0 Å². The Morgan fingerprint density at radius 2 is 2.08 bits per heavy atom. The smallest absolute Gasteiger partial charge is 0.137 e. The highest BCUT2D eigenvalue weighted by molar-refractivity contribution is 5.84. The fourth-order valence-electron chi connectivity index (χ4n) is 1.59. The van der Waals surface area contributed by atoms with Gasteiger partial charge in [0, 0.05) is 5.39 Å². The molecule has 0 saturated heterocycles. The van der Waals surface area contributed by atoms with Gasteiger partial charge in [0.05, 0.1) is 12.4 Å². The minimum atomic E-state index is -0.444. The molecule has 0 spiro atoms. The number of hydrogen-bond donors (Lipinski definition) is 1. The summed E-state index contributed by atoms with van der Waals surface area (Å²) in [5.41, 5.74) is 2.90. The monoisotopic (exact) mass is 176 g/mol. The van der Waals surface area contributed by atoms with Gasteiger partial charge in [-0.05, 0) is 31.0 Å². The zero-order chi connectivity index (χ0) is 9.42. The van der Waals surface area contributed by atoms with Crippen molar-refractivity contribution in [2.45, 2.75) is 20.0 Å². The standard InChI is InChI=1S/C11H12O2/c1-7-3-4-9(8(2)12)10-5-6-13-11(7)10/h3-6,8,12H,1-2H3. The van der Waals surface area contributed by atoms with Crippen LogP contribution in [0.4, 0.5) is 0 Å². The average molecular weight is 176 g/mol. The fourth-order valence-corrected chi connectivity index (χ4v) is 1.59. The van der Waals surface area contributed by atoms with Crippen molar-refractivity contribution in [2.24, 2.45) is 0 Å². The summed E-state index contributed by atoms with van der Waals surface area (Å²) in [4.78, 5) is 0. The third kappa shape index (κ3) is 1.23. The maximum atomic E-state index is 9.49.